The van der Waals surface area contributed by atoms with Gasteiger partial charge < -0.3 is 19.1 Å². The third-order valence-electron chi connectivity index (χ3n) is 8.53. The van der Waals surface area contributed by atoms with Crippen molar-refractivity contribution in [1.29, 1.82) is 0 Å². The van der Waals surface area contributed by atoms with E-state index in [0.29, 0.717) is 30.4 Å². The fraction of sp³-hybridized carbons (Fsp3) is 0.343. The van der Waals surface area contributed by atoms with E-state index < -0.39 is 22.0 Å². The van der Waals surface area contributed by atoms with Gasteiger partial charge in [0, 0.05) is 36.8 Å². The number of hydrogen-bond donors (Lipinski definition) is 2. The van der Waals surface area contributed by atoms with Crippen molar-refractivity contribution in [2.45, 2.75) is 56.6 Å². The number of aromatic nitrogens is 1. The van der Waals surface area contributed by atoms with Gasteiger partial charge in [-0.3, -0.25) is 4.79 Å². The Labute approximate surface area is 259 Å². The average Bonchev–Trinajstić information content (AvgIpc) is 3.66. The molecule has 3 aromatic carbocycles. The van der Waals surface area contributed by atoms with Gasteiger partial charge in [-0.25, -0.2) is 13.1 Å². The molecule has 0 aliphatic heterocycles. The lowest BCUT2D eigenvalue weighted by Crippen LogP contribution is -2.30. The predicted molar refractivity (Wildman–Crippen MR) is 169 cm³/mol. The van der Waals surface area contributed by atoms with Crippen LogP contribution in [-0.2, 0) is 40.6 Å². The zero-order valence-electron chi connectivity index (χ0n) is 25.4. The Morgan fingerprint density at radius 2 is 1.59 bits per heavy atom. The molecule has 1 aliphatic carbocycles. The molecule has 1 heterocycles. The molecule has 9 heteroatoms. The van der Waals surface area contributed by atoms with Crippen molar-refractivity contribution in [3.8, 4) is 11.5 Å². The second kappa shape index (κ2) is 13.7. The van der Waals surface area contributed by atoms with Gasteiger partial charge in [0.2, 0.25) is 5.91 Å². The summed E-state index contributed by atoms with van der Waals surface area (Å²) in [6.45, 7) is 2.50. The number of fused-ring (bicyclic) bond motifs is 1. The maximum atomic E-state index is 12.5. The van der Waals surface area contributed by atoms with Crippen LogP contribution < -0.4 is 14.2 Å². The van der Waals surface area contributed by atoms with Crippen LogP contribution in [0.25, 0.3) is 0 Å². The Balaban J connectivity index is 1.29. The summed E-state index contributed by atoms with van der Waals surface area (Å²) in [6, 6.07) is 22.1. The monoisotopic (exact) mass is 616 g/mol. The Bertz CT molecular complexity index is 1650. The smallest absolute Gasteiger partial charge is 0.264 e. The number of ether oxygens (including phenoxy) is 2. The first-order chi connectivity index (χ1) is 21.2. The van der Waals surface area contributed by atoms with E-state index in [4.69, 9.17) is 9.47 Å². The molecule has 232 valence electrons. The molecule has 8 nitrogen and oxygen atoms in total. The highest BCUT2D eigenvalue weighted by atomic mass is 32.2. The van der Waals surface area contributed by atoms with E-state index in [1.807, 2.05) is 42.1 Å². The molecule has 0 unspecified atom stereocenters. The number of benzene rings is 3. The van der Waals surface area contributed by atoms with Crippen LogP contribution in [-0.4, -0.2) is 38.2 Å². The number of aliphatic hydroxyl groups excluding tert-OH is 1. The van der Waals surface area contributed by atoms with Gasteiger partial charge in [-0.1, -0.05) is 42.5 Å². The highest BCUT2D eigenvalue weighted by molar-refractivity contribution is 7.90. The van der Waals surface area contributed by atoms with Crippen molar-refractivity contribution < 1.29 is 27.8 Å². The molecular weight excluding hydrogens is 576 g/mol. The molecule has 0 saturated heterocycles. The van der Waals surface area contributed by atoms with E-state index in [1.54, 1.807) is 32.4 Å². The number of methoxy groups -OCH3 is 2. The van der Waals surface area contributed by atoms with Crippen molar-refractivity contribution >= 4 is 15.9 Å². The Morgan fingerprint density at radius 3 is 2.20 bits per heavy atom. The number of hydrogen-bond acceptors (Lipinski definition) is 6. The number of nitrogens with one attached hydrogen (secondary N) is 1. The van der Waals surface area contributed by atoms with Gasteiger partial charge >= 0.3 is 0 Å². The number of sulfonamides is 1. The summed E-state index contributed by atoms with van der Waals surface area (Å²) in [5.74, 6) is 1.08. The van der Waals surface area contributed by atoms with Crippen LogP contribution in [0.15, 0.2) is 90.1 Å². The van der Waals surface area contributed by atoms with Gasteiger partial charge in [0.15, 0.2) is 0 Å². The highest BCUT2D eigenvalue weighted by Gasteiger charge is 2.30. The van der Waals surface area contributed by atoms with E-state index in [2.05, 4.69) is 29.0 Å². The normalized spacial score (nSPS) is 14.5. The lowest BCUT2D eigenvalue weighted by molar-refractivity contribution is -0.119. The largest absolute Gasteiger partial charge is 0.496 e. The van der Waals surface area contributed by atoms with Crippen LogP contribution >= 0.6 is 0 Å². The van der Waals surface area contributed by atoms with Crippen LogP contribution in [0.2, 0.25) is 0 Å². The second-order valence-corrected chi connectivity index (χ2v) is 13.3. The highest BCUT2D eigenvalue weighted by Crippen LogP contribution is 2.39. The van der Waals surface area contributed by atoms with Crippen molar-refractivity contribution in [3.63, 3.8) is 0 Å². The third kappa shape index (κ3) is 7.34. The fourth-order valence-corrected chi connectivity index (χ4v) is 7.27. The maximum absolute atomic E-state index is 12.5. The lowest BCUT2D eigenvalue weighted by Gasteiger charge is -2.27. The fourth-order valence-electron chi connectivity index (χ4n) is 6.24. The molecule has 1 aromatic heterocycles. The summed E-state index contributed by atoms with van der Waals surface area (Å²) < 4.78 is 40.4. The van der Waals surface area contributed by atoms with Crippen LogP contribution in [0.5, 0.6) is 11.5 Å². The molecule has 4 aromatic rings. The summed E-state index contributed by atoms with van der Waals surface area (Å²) in [6.07, 6.45) is 6.37. The van der Waals surface area contributed by atoms with Gasteiger partial charge in [0.05, 0.1) is 25.2 Å². The maximum Gasteiger partial charge on any atom is 0.264 e. The number of rotatable bonds is 13. The molecule has 2 atom stereocenters. The molecule has 0 fully saturated rings. The molecule has 5 rings (SSSR count). The number of carbonyl (C=O) groups excluding carboxylic acids is 1. The number of aliphatic hydroxyl groups is 1. The minimum Gasteiger partial charge on any atom is -0.496 e. The predicted octanol–water partition coefficient (Wildman–Crippen LogP) is 5.41. The number of amides is 1. The van der Waals surface area contributed by atoms with Gasteiger partial charge in [-0.05, 0) is 91.1 Å². The van der Waals surface area contributed by atoms with Gasteiger partial charge in [-0.2, -0.15) is 0 Å². The standard InChI is InChI=1S/C35H40N2O6S/c1-24-32(42-2)20-29(21-33(24)43-3)35(39)30(19-26-17-27-9-7-8-10-28(27)18-26)23-37-16-15-25(22-37)13-14-34(38)36-44(40,41)31-11-5-4-6-12-31/h4-12,15-16,20-22,26,30,35,39H,13-14,17-19,23H2,1-3H3,(H,36,38)/t30-,35+/m0/s1. The lowest BCUT2D eigenvalue weighted by atomic mass is 9.85. The Kier molecular flexibility index (Phi) is 9.76. The van der Waals surface area contributed by atoms with Crippen LogP contribution in [0.4, 0.5) is 0 Å². The Hall–Kier alpha value is -4.08. The first-order valence-corrected chi connectivity index (χ1v) is 16.4. The molecule has 1 aliphatic rings. The summed E-state index contributed by atoms with van der Waals surface area (Å²) in [5, 5.41) is 11.8. The second-order valence-electron chi connectivity index (χ2n) is 11.6. The molecule has 0 spiro atoms. The van der Waals surface area contributed by atoms with E-state index >= 15 is 0 Å². The van der Waals surface area contributed by atoms with E-state index in [0.717, 1.165) is 36.0 Å². The summed E-state index contributed by atoms with van der Waals surface area (Å²) in [5.41, 5.74) is 5.29. The molecule has 0 saturated carbocycles. The van der Waals surface area contributed by atoms with E-state index in [-0.39, 0.29) is 17.2 Å². The minimum absolute atomic E-state index is 0.0332. The molecule has 0 radical (unpaired) electrons. The number of carbonyl (C=O) groups is 1. The summed E-state index contributed by atoms with van der Waals surface area (Å²) in [4.78, 5) is 12.6. The zero-order chi connectivity index (χ0) is 31.3. The average molecular weight is 617 g/mol. The quantitative estimate of drug-likeness (QED) is 0.208. The van der Waals surface area contributed by atoms with E-state index in [1.165, 1.54) is 23.3 Å². The molecule has 2 N–H and O–H groups in total. The van der Waals surface area contributed by atoms with Gasteiger partial charge in [0.1, 0.15) is 11.5 Å². The minimum atomic E-state index is -3.91. The molecular formula is C35H40N2O6S. The van der Waals surface area contributed by atoms with E-state index in [9.17, 15) is 18.3 Å². The van der Waals surface area contributed by atoms with Crippen molar-refractivity contribution in [3.05, 3.63) is 113 Å². The topological polar surface area (TPSA) is 107 Å². The van der Waals surface area contributed by atoms with Crippen LogP contribution in [0, 0.1) is 18.8 Å². The van der Waals surface area contributed by atoms with Gasteiger partial charge in [0.25, 0.3) is 10.0 Å². The van der Waals surface area contributed by atoms with Crippen molar-refractivity contribution in [1.82, 2.24) is 9.29 Å². The summed E-state index contributed by atoms with van der Waals surface area (Å²) in [7, 11) is -0.675. The van der Waals surface area contributed by atoms with Gasteiger partial charge in [-0.15, -0.1) is 0 Å². The van der Waals surface area contributed by atoms with Crippen LogP contribution in [0.3, 0.4) is 0 Å². The Morgan fingerprint density at radius 1 is 0.977 bits per heavy atom. The molecule has 44 heavy (non-hydrogen) atoms. The number of nitrogens with zero attached hydrogens (tertiary/aromatic N) is 1. The van der Waals surface area contributed by atoms with Crippen molar-refractivity contribution in [2.24, 2.45) is 11.8 Å². The summed E-state index contributed by atoms with van der Waals surface area (Å²) >= 11 is 0. The third-order valence-corrected chi connectivity index (χ3v) is 9.92. The number of aryl methyl sites for hydroxylation is 1. The zero-order valence-corrected chi connectivity index (χ0v) is 26.2. The first-order valence-electron chi connectivity index (χ1n) is 14.9. The van der Waals surface area contributed by atoms with Crippen LogP contribution in [0.1, 0.15) is 46.8 Å². The molecule has 0 bridgehead atoms. The van der Waals surface area contributed by atoms with Crippen molar-refractivity contribution in [2.75, 3.05) is 14.2 Å². The molecule has 1 amide bonds. The first kappa shape index (κ1) is 31.3. The SMILES string of the molecule is COc1cc([C@@H](O)[C@@H](CC2Cc3ccccc3C2)Cn2ccc(CCC(=O)NS(=O)(=O)c3ccccc3)c2)cc(OC)c1C.